The predicted octanol–water partition coefficient (Wildman–Crippen LogP) is 2.48. The zero-order valence-electron chi connectivity index (χ0n) is 11.4. The van der Waals surface area contributed by atoms with Crippen LogP contribution in [-0.2, 0) is 6.42 Å². The summed E-state index contributed by atoms with van der Waals surface area (Å²) in [4.78, 5) is 9.86. The molecule has 0 amide bonds. The average Bonchev–Trinajstić information content (AvgIpc) is 2.75. The summed E-state index contributed by atoms with van der Waals surface area (Å²) >= 11 is 1.73. The summed E-state index contributed by atoms with van der Waals surface area (Å²) in [6, 6.07) is 0. The van der Waals surface area contributed by atoms with Crippen LogP contribution in [0.5, 0.6) is 0 Å². The number of aryl methyl sites for hydroxylation is 1. The van der Waals surface area contributed by atoms with E-state index in [9.17, 15) is 0 Å². The number of unbranched alkanes of at least 4 members (excludes halogenated alkanes) is 3. The van der Waals surface area contributed by atoms with E-state index in [1.165, 1.54) is 24.1 Å². The molecule has 0 aliphatic heterocycles. The monoisotopic (exact) mass is 268 g/mol. The van der Waals surface area contributed by atoms with E-state index in [1.807, 2.05) is 6.20 Å². The zero-order chi connectivity index (χ0) is 13.2. The van der Waals surface area contributed by atoms with Gasteiger partial charge in [0, 0.05) is 30.6 Å². The molecule has 0 radical (unpaired) electrons. The zero-order valence-corrected chi connectivity index (χ0v) is 12.2. The van der Waals surface area contributed by atoms with E-state index in [4.69, 9.17) is 5.73 Å². The third-order valence-corrected chi connectivity index (χ3v) is 3.58. The van der Waals surface area contributed by atoms with Crippen molar-refractivity contribution in [3.63, 3.8) is 0 Å². The van der Waals surface area contributed by atoms with Crippen molar-refractivity contribution >= 4 is 17.3 Å². The lowest BCUT2D eigenvalue weighted by Gasteiger charge is -2.04. The fourth-order valence-electron chi connectivity index (χ4n) is 1.61. The van der Waals surface area contributed by atoms with Crippen molar-refractivity contribution in [3.05, 3.63) is 16.1 Å². The van der Waals surface area contributed by atoms with Crippen LogP contribution in [0.1, 0.15) is 42.5 Å². The fraction of sp³-hybridized carbons (Fsp3) is 0.692. The molecule has 0 aliphatic rings. The highest BCUT2D eigenvalue weighted by atomic mass is 32.1. The first-order valence-electron chi connectivity index (χ1n) is 6.67. The second-order valence-electron chi connectivity index (χ2n) is 4.37. The van der Waals surface area contributed by atoms with Gasteiger partial charge in [0.2, 0.25) is 0 Å². The summed E-state index contributed by atoms with van der Waals surface area (Å²) in [6.45, 7) is 5.91. The van der Waals surface area contributed by atoms with E-state index in [1.54, 1.807) is 11.3 Å². The molecule has 102 valence electrons. The molecule has 18 heavy (non-hydrogen) atoms. The number of aromatic nitrogens is 1. The number of thiazole rings is 1. The number of guanidine groups is 1. The third-order valence-electron chi connectivity index (χ3n) is 2.61. The number of hydrogen-bond acceptors (Lipinski definition) is 3. The van der Waals surface area contributed by atoms with Crippen molar-refractivity contribution in [2.24, 2.45) is 10.7 Å². The predicted molar refractivity (Wildman–Crippen MR) is 79.2 cm³/mol. The Bertz CT molecular complexity index is 360. The van der Waals surface area contributed by atoms with Gasteiger partial charge in [0.25, 0.3) is 0 Å². The van der Waals surface area contributed by atoms with Crippen LogP contribution in [0, 0.1) is 6.92 Å². The Balaban J connectivity index is 2.08. The third kappa shape index (κ3) is 6.59. The van der Waals surface area contributed by atoms with Crippen LogP contribution in [0.25, 0.3) is 0 Å². The first kappa shape index (κ1) is 15.0. The molecule has 3 N–H and O–H groups in total. The molecule has 0 spiro atoms. The second kappa shape index (κ2) is 8.91. The van der Waals surface area contributed by atoms with Gasteiger partial charge in [-0.15, -0.1) is 11.3 Å². The number of hydrogen-bond donors (Lipinski definition) is 2. The van der Waals surface area contributed by atoms with Crippen molar-refractivity contribution in [1.29, 1.82) is 0 Å². The minimum Gasteiger partial charge on any atom is -0.370 e. The molecule has 1 rings (SSSR count). The standard InChI is InChI=1S/C13H24N4S/c1-3-4-5-6-8-15-13(14)16-9-7-12-17-10-11(2)18-12/h10H,3-9H2,1-2H3,(H3,14,15,16). The highest BCUT2D eigenvalue weighted by Gasteiger charge is 1.98. The van der Waals surface area contributed by atoms with E-state index in [0.717, 1.165) is 30.9 Å². The van der Waals surface area contributed by atoms with E-state index in [2.05, 4.69) is 29.1 Å². The molecule has 0 aromatic carbocycles. The van der Waals surface area contributed by atoms with E-state index in [0.29, 0.717) is 5.96 Å². The molecule has 0 saturated carbocycles. The summed E-state index contributed by atoms with van der Waals surface area (Å²) in [6.07, 6.45) is 7.72. The van der Waals surface area contributed by atoms with Crippen molar-refractivity contribution in [2.45, 2.75) is 46.0 Å². The Morgan fingerprint density at radius 2 is 2.28 bits per heavy atom. The highest BCUT2D eigenvalue weighted by molar-refractivity contribution is 7.11. The molecule has 0 unspecified atom stereocenters. The van der Waals surface area contributed by atoms with Crippen LogP contribution < -0.4 is 11.1 Å². The van der Waals surface area contributed by atoms with Crippen LogP contribution in [-0.4, -0.2) is 24.0 Å². The van der Waals surface area contributed by atoms with Crippen molar-refractivity contribution in [3.8, 4) is 0 Å². The van der Waals surface area contributed by atoms with Gasteiger partial charge in [-0.25, -0.2) is 4.98 Å². The number of rotatable bonds is 8. The van der Waals surface area contributed by atoms with Gasteiger partial charge >= 0.3 is 0 Å². The molecule has 1 aromatic heterocycles. The van der Waals surface area contributed by atoms with Gasteiger partial charge in [0.15, 0.2) is 5.96 Å². The Hall–Kier alpha value is -1.10. The average molecular weight is 268 g/mol. The van der Waals surface area contributed by atoms with Gasteiger partial charge in [-0.1, -0.05) is 26.2 Å². The van der Waals surface area contributed by atoms with Crippen molar-refractivity contribution in [2.75, 3.05) is 13.1 Å². The van der Waals surface area contributed by atoms with Crippen molar-refractivity contribution < 1.29 is 0 Å². The fourth-order valence-corrected chi connectivity index (χ4v) is 2.40. The summed E-state index contributed by atoms with van der Waals surface area (Å²) in [5, 5.41) is 4.27. The molecule has 1 aromatic rings. The number of nitrogens with two attached hydrogens (primary N) is 1. The molecule has 0 atom stereocenters. The molecular formula is C13H24N4S. The largest absolute Gasteiger partial charge is 0.370 e. The van der Waals surface area contributed by atoms with E-state index in [-0.39, 0.29) is 0 Å². The Morgan fingerprint density at radius 1 is 1.44 bits per heavy atom. The van der Waals surface area contributed by atoms with Crippen LogP contribution in [0.3, 0.4) is 0 Å². The Labute approximate surface area is 114 Å². The van der Waals surface area contributed by atoms with Gasteiger partial charge in [0.1, 0.15) is 0 Å². The first-order chi connectivity index (χ1) is 8.72. The molecule has 0 fully saturated rings. The van der Waals surface area contributed by atoms with Crippen LogP contribution in [0.2, 0.25) is 0 Å². The maximum Gasteiger partial charge on any atom is 0.188 e. The molecular weight excluding hydrogens is 244 g/mol. The number of nitrogens with one attached hydrogen (secondary N) is 1. The van der Waals surface area contributed by atoms with Gasteiger partial charge in [-0.05, 0) is 13.3 Å². The lowest BCUT2D eigenvalue weighted by molar-refractivity contribution is 0.673. The van der Waals surface area contributed by atoms with E-state index < -0.39 is 0 Å². The van der Waals surface area contributed by atoms with Gasteiger partial charge in [-0.3, -0.25) is 4.99 Å². The minimum absolute atomic E-state index is 0.555. The molecule has 1 heterocycles. The molecule has 0 aliphatic carbocycles. The maximum absolute atomic E-state index is 5.78. The first-order valence-corrected chi connectivity index (χ1v) is 7.49. The van der Waals surface area contributed by atoms with Gasteiger partial charge < -0.3 is 11.1 Å². The molecule has 0 saturated heterocycles. The Kier molecular flexibility index (Phi) is 7.41. The van der Waals surface area contributed by atoms with E-state index >= 15 is 0 Å². The van der Waals surface area contributed by atoms with Crippen molar-refractivity contribution in [1.82, 2.24) is 10.3 Å². The lowest BCUT2D eigenvalue weighted by Crippen LogP contribution is -2.33. The second-order valence-corrected chi connectivity index (χ2v) is 5.69. The summed E-state index contributed by atoms with van der Waals surface area (Å²) in [5.41, 5.74) is 5.78. The summed E-state index contributed by atoms with van der Waals surface area (Å²) in [5.74, 6) is 0.555. The number of nitrogens with zero attached hydrogens (tertiary/aromatic N) is 2. The van der Waals surface area contributed by atoms with Crippen LogP contribution in [0.4, 0.5) is 0 Å². The number of aliphatic imine (C=N–C) groups is 1. The van der Waals surface area contributed by atoms with Crippen LogP contribution >= 0.6 is 11.3 Å². The molecule has 5 heteroatoms. The summed E-state index contributed by atoms with van der Waals surface area (Å²) < 4.78 is 0. The maximum atomic E-state index is 5.78. The minimum atomic E-state index is 0.555. The normalized spacial score (nSPS) is 11.8. The SMILES string of the molecule is CCCCCCN=C(N)NCCc1ncc(C)s1. The molecule has 0 bridgehead atoms. The summed E-state index contributed by atoms with van der Waals surface area (Å²) in [7, 11) is 0. The van der Waals surface area contributed by atoms with Gasteiger partial charge in [0.05, 0.1) is 5.01 Å². The molecule has 4 nitrogen and oxygen atoms in total. The lowest BCUT2D eigenvalue weighted by atomic mass is 10.2. The van der Waals surface area contributed by atoms with Gasteiger partial charge in [-0.2, -0.15) is 0 Å². The van der Waals surface area contributed by atoms with Crippen LogP contribution in [0.15, 0.2) is 11.2 Å². The Morgan fingerprint density at radius 3 is 2.94 bits per heavy atom. The quantitative estimate of drug-likeness (QED) is 0.432. The smallest absolute Gasteiger partial charge is 0.188 e. The topological polar surface area (TPSA) is 63.3 Å². The highest BCUT2D eigenvalue weighted by Crippen LogP contribution is 2.10.